The second-order valence-electron chi connectivity index (χ2n) is 9.30. The molecule has 0 aliphatic heterocycles. The zero-order chi connectivity index (χ0) is 27.9. The third kappa shape index (κ3) is 9.69. The Morgan fingerprint density at radius 2 is 1.56 bits per heavy atom. The second-order valence-corrected chi connectivity index (χ2v) is 9.30. The van der Waals surface area contributed by atoms with Crippen LogP contribution < -0.4 is 15.4 Å². The van der Waals surface area contributed by atoms with Gasteiger partial charge in [-0.1, -0.05) is 61.5 Å². The third-order valence-electron chi connectivity index (χ3n) is 6.27. The molecule has 3 aromatic rings. The molecule has 3 rings (SSSR count). The van der Waals surface area contributed by atoms with Gasteiger partial charge in [-0.2, -0.15) is 0 Å². The van der Waals surface area contributed by atoms with Crippen molar-refractivity contribution in [3.05, 3.63) is 95.6 Å². The number of hydrogen-bond acceptors (Lipinski definition) is 7. The van der Waals surface area contributed by atoms with Crippen LogP contribution in [0.4, 0.5) is 5.69 Å². The van der Waals surface area contributed by atoms with Gasteiger partial charge in [-0.05, 0) is 49.2 Å². The van der Waals surface area contributed by atoms with Crippen LogP contribution in [0, 0.1) is 0 Å². The molecule has 0 saturated carbocycles. The van der Waals surface area contributed by atoms with Crippen LogP contribution in [0.1, 0.15) is 54.1 Å². The van der Waals surface area contributed by atoms with E-state index in [1.807, 2.05) is 55.5 Å². The first kappa shape index (κ1) is 29.6. The highest BCUT2D eigenvalue weighted by molar-refractivity contribution is 6.12. The number of benzene rings is 3. The van der Waals surface area contributed by atoms with Gasteiger partial charge >= 0.3 is 5.97 Å². The fourth-order valence-electron chi connectivity index (χ4n) is 4.21. The minimum Gasteiger partial charge on any atom is -0.492 e. The van der Waals surface area contributed by atoms with Crippen LogP contribution in [0.2, 0.25) is 0 Å². The van der Waals surface area contributed by atoms with Crippen LogP contribution in [0.5, 0.6) is 5.75 Å². The molecule has 0 amide bonds. The molecule has 0 unspecified atom stereocenters. The number of esters is 1. The molecule has 7 nitrogen and oxygen atoms in total. The minimum absolute atomic E-state index is 0.122. The van der Waals surface area contributed by atoms with Gasteiger partial charge in [-0.15, -0.1) is 0 Å². The van der Waals surface area contributed by atoms with Gasteiger partial charge in [-0.25, -0.2) is 4.79 Å². The van der Waals surface area contributed by atoms with Crippen molar-refractivity contribution in [2.75, 3.05) is 32.1 Å². The van der Waals surface area contributed by atoms with Crippen molar-refractivity contribution in [3.63, 3.8) is 0 Å². The summed E-state index contributed by atoms with van der Waals surface area (Å²) in [5, 5.41) is 6.52. The summed E-state index contributed by atoms with van der Waals surface area (Å²) in [4.78, 5) is 37.3. The Morgan fingerprint density at radius 3 is 2.28 bits per heavy atom. The molecule has 0 saturated heterocycles. The van der Waals surface area contributed by atoms with Gasteiger partial charge in [0, 0.05) is 42.6 Å². The molecule has 7 heteroatoms. The first-order chi connectivity index (χ1) is 19.0. The standard InChI is InChI=1S/C32H38N2O5/c1-3-10-26(35)13-9-20-33-21-22-39-27-18-16-24(17-19-27)23-30(32(37)38-2)34-29-15-8-7-14-28(29)31(36)25-11-5-4-6-12-25/h4-8,11-12,14-19,30,33-34H,3,9-10,13,20-23H2,1-2H3/t30-/m0/s1. The number of carbonyl (C=O) groups excluding carboxylic acids is 3. The Morgan fingerprint density at radius 1 is 0.846 bits per heavy atom. The molecule has 0 aliphatic rings. The Bertz CT molecular complexity index is 1190. The van der Waals surface area contributed by atoms with E-state index >= 15 is 0 Å². The van der Waals surface area contributed by atoms with E-state index in [1.54, 1.807) is 30.3 Å². The van der Waals surface area contributed by atoms with E-state index in [-0.39, 0.29) is 5.78 Å². The largest absolute Gasteiger partial charge is 0.492 e. The van der Waals surface area contributed by atoms with Crippen LogP contribution in [0.25, 0.3) is 0 Å². The molecule has 2 N–H and O–H groups in total. The van der Waals surface area contributed by atoms with Crippen molar-refractivity contribution >= 4 is 23.2 Å². The van der Waals surface area contributed by atoms with Crippen molar-refractivity contribution in [1.29, 1.82) is 0 Å². The number of Topliss-reactive ketones (excluding diaryl/α,β-unsaturated/α-hetero) is 1. The van der Waals surface area contributed by atoms with Crippen molar-refractivity contribution in [3.8, 4) is 5.75 Å². The van der Waals surface area contributed by atoms with E-state index in [1.165, 1.54) is 7.11 Å². The predicted octanol–water partition coefficient (Wildman–Crippen LogP) is 5.23. The number of para-hydroxylation sites is 1. The number of ether oxygens (including phenoxy) is 2. The zero-order valence-electron chi connectivity index (χ0n) is 22.8. The van der Waals surface area contributed by atoms with Crippen molar-refractivity contribution in [2.45, 2.75) is 45.1 Å². The molecule has 0 fully saturated rings. The van der Waals surface area contributed by atoms with E-state index in [9.17, 15) is 14.4 Å². The van der Waals surface area contributed by atoms with Gasteiger partial charge in [0.25, 0.3) is 0 Å². The third-order valence-corrected chi connectivity index (χ3v) is 6.27. The Hall–Kier alpha value is -3.97. The lowest BCUT2D eigenvalue weighted by Gasteiger charge is -2.20. The van der Waals surface area contributed by atoms with Crippen LogP contribution in [0.15, 0.2) is 78.9 Å². The fraction of sp³-hybridized carbons (Fsp3) is 0.344. The smallest absolute Gasteiger partial charge is 0.328 e. The molecule has 0 aliphatic carbocycles. The maximum absolute atomic E-state index is 13.1. The number of carbonyl (C=O) groups is 3. The molecular weight excluding hydrogens is 492 g/mol. The van der Waals surface area contributed by atoms with Crippen LogP contribution in [-0.4, -0.2) is 50.4 Å². The summed E-state index contributed by atoms with van der Waals surface area (Å²) >= 11 is 0. The first-order valence-corrected chi connectivity index (χ1v) is 13.5. The summed E-state index contributed by atoms with van der Waals surface area (Å²) in [7, 11) is 1.35. The summed E-state index contributed by atoms with van der Waals surface area (Å²) in [6.45, 7) is 4.02. The van der Waals surface area contributed by atoms with Crippen LogP contribution in [-0.2, 0) is 20.7 Å². The number of hydrogen-bond donors (Lipinski definition) is 2. The maximum Gasteiger partial charge on any atom is 0.328 e. The molecular formula is C32H38N2O5. The van der Waals surface area contributed by atoms with Crippen LogP contribution in [0.3, 0.4) is 0 Å². The summed E-state index contributed by atoms with van der Waals surface area (Å²) in [5.41, 5.74) is 2.56. The zero-order valence-corrected chi connectivity index (χ0v) is 22.8. The summed E-state index contributed by atoms with van der Waals surface area (Å²) < 4.78 is 10.9. The van der Waals surface area contributed by atoms with Gasteiger partial charge in [0.05, 0.1) is 7.11 Å². The summed E-state index contributed by atoms with van der Waals surface area (Å²) in [6.07, 6.45) is 3.41. The molecule has 39 heavy (non-hydrogen) atoms. The van der Waals surface area contributed by atoms with Crippen molar-refractivity contribution in [2.24, 2.45) is 0 Å². The number of anilines is 1. The average Bonchev–Trinajstić information content (AvgIpc) is 2.97. The first-order valence-electron chi connectivity index (χ1n) is 13.5. The van der Waals surface area contributed by atoms with E-state index in [4.69, 9.17) is 9.47 Å². The fourth-order valence-corrected chi connectivity index (χ4v) is 4.21. The summed E-state index contributed by atoms with van der Waals surface area (Å²) in [5.74, 6) is 0.522. The molecule has 0 aromatic heterocycles. The topological polar surface area (TPSA) is 93.7 Å². The highest BCUT2D eigenvalue weighted by Crippen LogP contribution is 2.22. The average molecular weight is 531 g/mol. The van der Waals surface area contributed by atoms with Gasteiger partial charge in [-0.3, -0.25) is 9.59 Å². The monoisotopic (exact) mass is 530 g/mol. The Kier molecular flexibility index (Phi) is 12.2. The van der Waals surface area contributed by atoms with E-state index in [2.05, 4.69) is 10.6 Å². The number of nitrogens with one attached hydrogen (secondary N) is 2. The normalized spacial score (nSPS) is 11.4. The molecule has 206 valence electrons. The Balaban J connectivity index is 1.54. The molecule has 3 aromatic carbocycles. The molecule has 0 radical (unpaired) electrons. The highest BCUT2D eigenvalue weighted by Gasteiger charge is 2.22. The summed E-state index contributed by atoms with van der Waals surface area (Å²) in [6, 6.07) is 23.1. The van der Waals surface area contributed by atoms with Crippen molar-refractivity contribution in [1.82, 2.24) is 5.32 Å². The molecule has 0 bridgehead atoms. The highest BCUT2D eigenvalue weighted by atomic mass is 16.5. The molecule has 1 atom stereocenters. The van der Waals surface area contributed by atoms with Gasteiger partial charge in [0.1, 0.15) is 24.2 Å². The maximum atomic E-state index is 13.1. The lowest BCUT2D eigenvalue weighted by atomic mass is 10.00. The second kappa shape index (κ2) is 16.1. The van der Waals surface area contributed by atoms with Crippen molar-refractivity contribution < 1.29 is 23.9 Å². The van der Waals surface area contributed by atoms with E-state index in [0.717, 1.165) is 30.7 Å². The minimum atomic E-state index is -0.681. The lowest BCUT2D eigenvalue weighted by molar-refractivity contribution is -0.141. The van der Waals surface area contributed by atoms with Gasteiger partial charge in [0.2, 0.25) is 0 Å². The van der Waals surface area contributed by atoms with Crippen LogP contribution >= 0.6 is 0 Å². The quantitative estimate of drug-likeness (QED) is 0.140. The molecule has 0 spiro atoms. The number of rotatable bonds is 17. The molecule has 0 heterocycles. The number of ketones is 2. The van der Waals surface area contributed by atoms with E-state index in [0.29, 0.717) is 55.0 Å². The SMILES string of the molecule is CCCC(=O)CCCNCCOc1ccc(C[C@H](Nc2ccccc2C(=O)c2ccccc2)C(=O)OC)cc1. The predicted molar refractivity (Wildman–Crippen MR) is 153 cm³/mol. The lowest BCUT2D eigenvalue weighted by Crippen LogP contribution is -2.33. The van der Waals surface area contributed by atoms with E-state index < -0.39 is 12.0 Å². The Labute approximate surface area is 230 Å². The van der Waals surface area contributed by atoms with Gasteiger partial charge in [0.15, 0.2) is 5.78 Å². The number of methoxy groups -OCH3 is 1. The van der Waals surface area contributed by atoms with Gasteiger partial charge < -0.3 is 20.1 Å².